The SMILES string of the molecule is COCC1CCN(C(=O)c2cccc(CCl)c2)CC1. The molecule has 1 aromatic rings. The summed E-state index contributed by atoms with van der Waals surface area (Å²) in [6.45, 7) is 2.43. The number of methoxy groups -OCH3 is 1. The molecule has 19 heavy (non-hydrogen) atoms. The van der Waals surface area contributed by atoms with Crippen LogP contribution < -0.4 is 0 Å². The molecule has 1 aromatic carbocycles. The van der Waals surface area contributed by atoms with Crippen molar-refractivity contribution in [3.63, 3.8) is 0 Å². The highest BCUT2D eigenvalue weighted by molar-refractivity contribution is 6.17. The van der Waals surface area contributed by atoms with Gasteiger partial charge in [0.15, 0.2) is 0 Å². The number of carbonyl (C=O) groups is 1. The van der Waals surface area contributed by atoms with E-state index in [0.29, 0.717) is 11.8 Å². The van der Waals surface area contributed by atoms with Crippen LogP contribution in [-0.4, -0.2) is 37.6 Å². The van der Waals surface area contributed by atoms with Gasteiger partial charge in [-0.15, -0.1) is 11.6 Å². The predicted octanol–water partition coefficient (Wildman–Crippen LogP) is 2.92. The average molecular weight is 282 g/mol. The Morgan fingerprint density at radius 2 is 2.16 bits per heavy atom. The van der Waals surface area contributed by atoms with Crippen LogP contribution in [0.3, 0.4) is 0 Å². The molecule has 0 aromatic heterocycles. The van der Waals surface area contributed by atoms with Crippen molar-refractivity contribution in [1.82, 2.24) is 4.90 Å². The molecule has 4 heteroatoms. The molecule has 0 N–H and O–H groups in total. The van der Waals surface area contributed by atoms with Crippen molar-refractivity contribution in [2.24, 2.45) is 5.92 Å². The van der Waals surface area contributed by atoms with Gasteiger partial charge in [-0.1, -0.05) is 12.1 Å². The van der Waals surface area contributed by atoms with Gasteiger partial charge in [-0.3, -0.25) is 4.79 Å². The number of halogens is 1. The summed E-state index contributed by atoms with van der Waals surface area (Å²) in [5.41, 5.74) is 1.73. The Morgan fingerprint density at radius 3 is 2.79 bits per heavy atom. The zero-order chi connectivity index (χ0) is 13.7. The van der Waals surface area contributed by atoms with Crippen molar-refractivity contribution in [1.29, 1.82) is 0 Å². The van der Waals surface area contributed by atoms with Gasteiger partial charge in [0, 0.05) is 38.2 Å². The summed E-state index contributed by atoms with van der Waals surface area (Å²) in [6.07, 6.45) is 2.05. The lowest BCUT2D eigenvalue weighted by Gasteiger charge is -2.31. The van der Waals surface area contributed by atoms with Crippen molar-refractivity contribution in [3.8, 4) is 0 Å². The van der Waals surface area contributed by atoms with Crippen molar-refractivity contribution >= 4 is 17.5 Å². The molecule has 1 amide bonds. The first kappa shape index (κ1) is 14.4. The maximum absolute atomic E-state index is 12.4. The Bertz CT molecular complexity index is 428. The van der Waals surface area contributed by atoms with E-state index in [2.05, 4.69) is 0 Å². The number of nitrogens with zero attached hydrogens (tertiary/aromatic N) is 1. The van der Waals surface area contributed by atoms with Gasteiger partial charge < -0.3 is 9.64 Å². The molecule has 2 rings (SSSR count). The van der Waals surface area contributed by atoms with Gasteiger partial charge in [-0.25, -0.2) is 0 Å². The van der Waals surface area contributed by atoms with Gasteiger partial charge >= 0.3 is 0 Å². The van der Waals surface area contributed by atoms with Gasteiger partial charge in [0.05, 0.1) is 0 Å². The first-order chi connectivity index (χ1) is 9.24. The molecule has 0 aliphatic carbocycles. The van der Waals surface area contributed by atoms with Crippen LogP contribution in [0.1, 0.15) is 28.8 Å². The lowest BCUT2D eigenvalue weighted by molar-refractivity contribution is 0.0613. The fourth-order valence-electron chi connectivity index (χ4n) is 2.51. The number of hydrogen-bond acceptors (Lipinski definition) is 2. The number of likely N-dealkylation sites (tertiary alicyclic amines) is 1. The molecule has 0 saturated carbocycles. The summed E-state index contributed by atoms with van der Waals surface area (Å²) in [6, 6.07) is 7.58. The summed E-state index contributed by atoms with van der Waals surface area (Å²) in [7, 11) is 1.73. The number of benzene rings is 1. The molecule has 1 fully saturated rings. The quantitative estimate of drug-likeness (QED) is 0.794. The summed E-state index contributed by atoms with van der Waals surface area (Å²) < 4.78 is 5.17. The molecule has 104 valence electrons. The van der Waals surface area contributed by atoms with Gasteiger partial charge in [0.25, 0.3) is 5.91 Å². The second-order valence-corrected chi connectivity index (χ2v) is 5.29. The van der Waals surface area contributed by atoms with E-state index in [-0.39, 0.29) is 5.91 Å². The highest BCUT2D eigenvalue weighted by Crippen LogP contribution is 2.19. The van der Waals surface area contributed by atoms with E-state index in [1.54, 1.807) is 7.11 Å². The number of rotatable bonds is 4. The number of amides is 1. The molecule has 1 aliphatic heterocycles. The molecule has 1 saturated heterocycles. The summed E-state index contributed by atoms with van der Waals surface area (Å²) in [5, 5.41) is 0. The smallest absolute Gasteiger partial charge is 0.253 e. The Morgan fingerprint density at radius 1 is 1.42 bits per heavy atom. The van der Waals surface area contributed by atoms with Crippen LogP contribution in [0.5, 0.6) is 0 Å². The molecule has 0 radical (unpaired) electrons. The minimum Gasteiger partial charge on any atom is -0.384 e. The summed E-state index contributed by atoms with van der Waals surface area (Å²) >= 11 is 5.80. The van der Waals surface area contributed by atoms with Crippen molar-refractivity contribution in [2.75, 3.05) is 26.8 Å². The Kier molecular flexibility index (Phi) is 5.23. The first-order valence-electron chi connectivity index (χ1n) is 6.67. The van der Waals surface area contributed by atoms with E-state index in [0.717, 1.165) is 43.7 Å². The molecule has 1 heterocycles. The highest BCUT2D eigenvalue weighted by atomic mass is 35.5. The lowest BCUT2D eigenvalue weighted by Crippen LogP contribution is -2.39. The molecule has 0 bridgehead atoms. The number of hydrogen-bond donors (Lipinski definition) is 0. The van der Waals surface area contributed by atoms with Crippen LogP contribution in [0.25, 0.3) is 0 Å². The number of piperidine rings is 1. The second-order valence-electron chi connectivity index (χ2n) is 5.02. The molecule has 3 nitrogen and oxygen atoms in total. The molecule has 0 atom stereocenters. The predicted molar refractivity (Wildman–Crippen MR) is 76.5 cm³/mol. The van der Waals surface area contributed by atoms with Gasteiger partial charge in [0.1, 0.15) is 0 Å². The average Bonchev–Trinajstić information content (AvgIpc) is 2.48. The third kappa shape index (κ3) is 3.71. The number of carbonyl (C=O) groups excluding carboxylic acids is 1. The zero-order valence-corrected chi connectivity index (χ0v) is 12.0. The molecule has 1 aliphatic rings. The van der Waals surface area contributed by atoms with Crippen LogP contribution >= 0.6 is 11.6 Å². The van der Waals surface area contributed by atoms with Crippen LogP contribution in [0, 0.1) is 5.92 Å². The normalized spacial score (nSPS) is 16.6. The van der Waals surface area contributed by atoms with E-state index < -0.39 is 0 Å². The number of ether oxygens (including phenoxy) is 1. The standard InChI is InChI=1S/C15H20ClNO2/c1-19-11-12-5-7-17(8-6-12)15(18)14-4-2-3-13(9-14)10-16/h2-4,9,12H,5-8,10-11H2,1H3. The number of alkyl halides is 1. The largest absolute Gasteiger partial charge is 0.384 e. The molecule has 0 unspecified atom stereocenters. The van der Waals surface area contributed by atoms with Crippen LogP contribution in [0.15, 0.2) is 24.3 Å². The maximum Gasteiger partial charge on any atom is 0.253 e. The van der Waals surface area contributed by atoms with E-state index >= 15 is 0 Å². The fourth-order valence-corrected chi connectivity index (χ4v) is 2.67. The summed E-state index contributed by atoms with van der Waals surface area (Å²) in [4.78, 5) is 14.3. The van der Waals surface area contributed by atoms with Crippen molar-refractivity contribution < 1.29 is 9.53 Å². The van der Waals surface area contributed by atoms with Gasteiger partial charge in [-0.2, -0.15) is 0 Å². The second kappa shape index (κ2) is 6.92. The maximum atomic E-state index is 12.4. The topological polar surface area (TPSA) is 29.5 Å². The minimum atomic E-state index is 0.114. The first-order valence-corrected chi connectivity index (χ1v) is 7.21. The van der Waals surface area contributed by atoms with E-state index in [1.807, 2.05) is 29.2 Å². The van der Waals surface area contributed by atoms with Crippen molar-refractivity contribution in [3.05, 3.63) is 35.4 Å². The molecular weight excluding hydrogens is 262 g/mol. The van der Waals surface area contributed by atoms with Crippen LogP contribution in [-0.2, 0) is 10.6 Å². The summed E-state index contributed by atoms with van der Waals surface area (Å²) in [5.74, 6) is 1.14. The Labute approximate surface area is 119 Å². The Hall–Kier alpha value is -1.06. The van der Waals surface area contributed by atoms with Crippen LogP contribution in [0.4, 0.5) is 0 Å². The third-order valence-corrected chi connectivity index (χ3v) is 3.94. The third-order valence-electron chi connectivity index (χ3n) is 3.63. The van der Waals surface area contributed by atoms with E-state index in [9.17, 15) is 4.79 Å². The van der Waals surface area contributed by atoms with E-state index in [1.165, 1.54) is 0 Å². The Balaban J connectivity index is 1.97. The van der Waals surface area contributed by atoms with Crippen molar-refractivity contribution in [2.45, 2.75) is 18.7 Å². The molecule has 0 spiro atoms. The van der Waals surface area contributed by atoms with Gasteiger partial charge in [0.2, 0.25) is 0 Å². The van der Waals surface area contributed by atoms with Crippen LogP contribution in [0.2, 0.25) is 0 Å². The highest BCUT2D eigenvalue weighted by Gasteiger charge is 2.23. The fraction of sp³-hybridized carbons (Fsp3) is 0.533. The lowest BCUT2D eigenvalue weighted by atomic mass is 9.97. The monoisotopic (exact) mass is 281 g/mol. The zero-order valence-electron chi connectivity index (χ0n) is 11.3. The minimum absolute atomic E-state index is 0.114. The molecular formula is C15H20ClNO2. The van der Waals surface area contributed by atoms with Gasteiger partial charge in [-0.05, 0) is 36.5 Å². The van der Waals surface area contributed by atoms with E-state index in [4.69, 9.17) is 16.3 Å².